The lowest BCUT2D eigenvalue weighted by Crippen LogP contribution is -2.33. The number of nitrogens with zero attached hydrogens (tertiary/aromatic N) is 2. The molecule has 0 bridgehead atoms. The molecule has 0 aliphatic carbocycles. The van der Waals surface area contributed by atoms with Gasteiger partial charge in [0.05, 0.1) is 11.6 Å². The molecule has 1 saturated heterocycles. The topological polar surface area (TPSA) is 96.1 Å². The molecule has 1 fully saturated rings. The zero-order chi connectivity index (χ0) is 12.4. The zero-order valence-electron chi connectivity index (χ0n) is 9.39. The molecule has 1 amide bonds. The molecule has 1 atom stereocenters. The Bertz CT molecular complexity index is 492. The highest BCUT2D eigenvalue weighted by molar-refractivity contribution is 5.83. The van der Waals surface area contributed by atoms with Crippen molar-refractivity contribution in [3.8, 4) is 6.07 Å². The summed E-state index contributed by atoms with van der Waals surface area (Å²) in [6.45, 7) is 1.16. The van der Waals surface area contributed by atoms with Crippen molar-refractivity contribution >= 4 is 11.6 Å². The Morgan fingerprint density at radius 3 is 2.88 bits per heavy atom. The molecule has 0 aromatic heterocycles. The molecule has 0 unspecified atom stereocenters. The molecule has 1 aliphatic rings. The number of carbonyl (C=O) groups excluding carboxylic acids is 1. The van der Waals surface area contributed by atoms with Crippen molar-refractivity contribution in [3.63, 3.8) is 0 Å². The van der Waals surface area contributed by atoms with Crippen LogP contribution in [0.25, 0.3) is 0 Å². The van der Waals surface area contributed by atoms with Crippen molar-refractivity contribution in [1.82, 2.24) is 4.90 Å². The first-order chi connectivity index (χ1) is 8.11. The van der Waals surface area contributed by atoms with Crippen molar-refractivity contribution in [3.05, 3.63) is 29.3 Å². The Kier molecular flexibility index (Phi) is 2.98. The van der Waals surface area contributed by atoms with E-state index in [0.717, 1.165) is 5.56 Å². The van der Waals surface area contributed by atoms with Gasteiger partial charge in [-0.2, -0.15) is 5.26 Å². The standard InChI is InChI=1S/C12H14N4O/c13-6-9-5-8(1-2-10(9)14)7-16-4-3-11(15)12(16)17/h1-2,5,11H,3-4,7,14-15H2/t11-/m0/s1. The maximum Gasteiger partial charge on any atom is 0.239 e. The highest BCUT2D eigenvalue weighted by Crippen LogP contribution is 2.17. The Morgan fingerprint density at radius 1 is 1.53 bits per heavy atom. The third kappa shape index (κ3) is 2.22. The minimum atomic E-state index is -0.376. The monoisotopic (exact) mass is 230 g/mol. The van der Waals surface area contributed by atoms with E-state index in [1.165, 1.54) is 0 Å². The second-order valence-corrected chi connectivity index (χ2v) is 4.19. The normalized spacial score (nSPS) is 19.4. The Hall–Kier alpha value is -2.06. The van der Waals surface area contributed by atoms with Crippen LogP contribution in [0.2, 0.25) is 0 Å². The van der Waals surface area contributed by atoms with Gasteiger partial charge in [0.25, 0.3) is 0 Å². The molecule has 17 heavy (non-hydrogen) atoms. The van der Waals surface area contributed by atoms with Gasteiger partial charge in [0.2, 0.25) is 5.91 Å². The van der Waals surface area contributed by atoms with Gasteiger partial charge in [0.15, 0.2) is 0 Å². The molecule has 1 aliphatic heterocycles. The van der Waals surface area contributed by atoms with Crippen molar-refractivity contribution in [2.24, 2.45) is 5.73 Å². The maximum absolute atomic E-state index is 11.6. The fourth-order valence-corrected chi connectivity index (χ4v) is 1.94. The number of nitrogen functional groups attached to an aromatic ring is 1. The van der Waals surface area contributed by atoms with E-state index in [0.29, 0.717) is 30.8 Å². The van der Waals surface area contributed by atoms with Crippen LogP contribution in [-0.4, -0.2) is 23.4 Å². The van der Waals surface area contributed by atoms with E-state index in [1.807, 2.05) is 12.1 Å². The van der Waals surface area contributed by atoms with Crippen molar-refractivity contribution < 1.29 is 4.79 Å². The van der Waals surface area contributed by atoms with E-state index < -0.39 is 0 Å². The van der Waals surface area contributed by atoms with E-state index >= 15 is 0 Å². The number of nitriles is 1. The molecular formula is C12H14N4O. The smallest absolute Gasteiger partial charge is 0.239 e. The van der Waals surface area contributed by atoms with Crippen LogP contribution in [0.15, 0.2) is 18.2 Å². The van der Waals surface area contributed by atoms with E-state index in [1.54, 1.807) is 17.0 Å². The lowest BCUT2D eigenvalue weighted by Gasteiger charge is -2.16. The second kappa shape index (κ2) is 4.44. The Balaban J connectivity index is 2.15. The summed E-state index contributed by atoms with van der Waals surface area (Å²) in [4.78, 5) is 13.3. The van der Waals surface area contributed by atoms with Crippen LogP contribution < -0.4 is 11.5 Å². The third-order valence-electron chi connectivity index (χ3n) is 2.95. The van der Waals surface area contributed by atoms with Gasteiger partial charge in [-0.15, -0.1) is 0 Å². The lowest BCUT2D eigenvalue weighted by molar-refractivity contribution is -0.129. The lowest BCUT2D eigenvalue weighted by atomic mass is 10.1. The second-order valence-electron chi connectivity index (χ2n) is 4.19. The van der Waals surface area contributed by atoms with Gasteiger partial charge in [-0.05, 0) is 24.1 Å². The Labute approximate surface area is 99.6 Å². The maximum atomic E-state index is 11.6. The number of likely N-dealkylation sites (tertiary alicyclic amines) is 1. The van der Waals surface area contributed by atoms with Crippen molar-refractivity contribution in [2.45, 2.75) is 19.0 Å². The van der Waals surface area contributed by atoms with E-state index in [-0.39, 0.29) is 11.9 Å². The van der Waals surface area contributed by atoms with Gasteiger partial charge < -0.3 is 16.4 Å². The minimum Gasteiger partial charge on any atom is -0.398 e. The molecule has 1 aromatic rings. The number of carbonyl (C=O) groups is 1. The summed E-state index contributed by atoms with van der Waals surface area (Å²) in [5.74, 6) is -0.0275. The van der Waals surface area contributed by atoms with Gasteiger partial charge in [0.1, 0.15) is 6.07 Å². The molecule has 0 saturated carbocycles. The van der Waals surface area contributed by atoms with Gasteiger partial charge in [0, 0.05) is 18.8 Å². The molecule has 88 valence electrons. The highest BCUT2D eigenvalue weighted by atomic mass is 16.2. The van der Waals surface area contributed by atoms with E-state index in [9.17, 15) is 4.79 Å². The number of benzene rings is 1. The minimum absolute atomic E-state index is 0.0275. The summed E-state index contributed by atoms with van der Waals surface area (Å²) < 4.78 is 0. The summed E-state index contributed by atoms with van der Waals surface area (Å²) in [5.41, 5.74) is 13.1. The molecule has 5 heteroatoms. The Morgan fingerprint density at radius 2 is 2.29 bits per heavy atom. The SMILES string of the molecule is N#Cc1cc(CN2CC[C@H](N)C2=O)ccc1N. The number of nitrogens with two attached hydrogens (primary N) is 2. The largest absolute Gasteiger partial charge is 0.398 e. The third-order valence-corrected chi connectivity index (χ3v) is 2.95. The number of hydrogen-bond acceptors (Lipinski definition) is 4. The molecule has 5 nitrogen and oxygen atoms in total. The molecule has 1 heterocycles. The summed E-state index contributed by atoms with van der Waals surface area (Å²) >= 11 is 0. The molecule has 1 aromatic carbocycles. The summed E-state index contributed by atoms with van der Waals surface area (Å²) in [6.07, 6.45) is 0.693. The molecule has 4 N–H and O–H groups in total. The quantitative estimate of drug-likeness (QED) is 0.709. The summed E-state index contributed by atoms with van der Waals surface area (Å²) in [7, 11) is 0. The van der Waals surface area contributed by atoms with Crippen molar-refractivity contribution in [2.75, 3.05) is 12.3 Å². The van der Waals surface area contributed by atoms with E-state index in [4.69, 9.17) is 16.7 Å². The zero-order valence-corrected chi connectivity index (χ0v) is 9.39. The van der Waals surface area contributed by atoms with Crippen LogP contribution in [0, 0.1) is 11.3 Å². The predicted octanol–water partition coefficient (Wildman–Crippen LogP) is 0.200. The van der Waals surface area contributed by atoms with Crippen LogP contribution in [0.3, 0.4) is 0 Å². The number of anilines is 1. The fourth-order valence-electron chi connectivity index (χ4n) is 1.94. The molecule has 0 radical (unpaired) electrons. The highest BCUT2D eigenvalue weighted by Gasteiger charge is 2.28. The number of hydrogen-bond donors (Lipinski definition) is 2. The van der Waals surface area contributed by atoms with Crippen LogP contribution in [0.1, 0.15) is 17.5 Å². The van der Waals surface area contributed by atoms with Gasteiger partial charge >= 0.3 is 0 Å². The van der Waals surface area contributed by atoms with Crippen LogP contribution in [0.5, 0.6) is 0 Å². The molecule has 0 spiro atoms. The van der Waals surface area contributed by atoms with Gasteiger partial charge in [-0.1, -0.05) is 6.07 Å². The first-order valence-corrected chi connectivity index (χ1v) is 5.44. The van der Waals surface area contributed by atoms with Gasteiger partial charge in [-0.25, -0.2) is 0 Å². The number of amides is 1. The van der Waals surface area contributed by atoms with Crippen molar-refractivity contribution in [1.29, 1.82) is 5.26 Å². The predicted molar refractivity (Wildman–Crippen MR) is 63.6 cm³/mol. The first-order valence-electron chi connectivity index (χ1n) is 5.44. The first kappa shape index (κ1) is 11.4. The molecule has 2 rings (SSSR count). The number of rotatable bonds is 2. The van der Waals surface area contributed by atoms with E-state index in [2.05, 4.69) is 0 Å². The molecular weight excluding hydrogens is 216 g/mol. The summed E-state index contributed by atoms with van der Waals surface area (Å²) in [6, 6.07) is 6.88. The van der Waals surface area contributed by atoms with Crippen LogP contribution in [-0.2, 0) is 11.3 Å². The summed E-state index contributed by atoms with van der Waals surface area (Å²) in [5, 5.41) is 8.87. The fraction of sp³-hybridized carbons (Fsp3) is 0.333. The van der Waals surface area contributed by atoms with Gasteiger partial charge in [-0.3, -0.25) is 4.79 Å². The van der Waals surface area contributed by atoms with Crippen LogP contribution in [0.4, 0.5) is 5.69 Å². The van der Waals surface area contributed by atoms with Crippen LogP contribution >= 0.6 is 0 Å². The average Bonchev–Trinajstić information content (AvgIpc) is 2.63. The average molecular weight is 230 g/mol.